The minimum absolute atomic E-state index is 0.161. The highest BCUT2D eigenvalue weighted by molar-refractivity contribution is 7.90. The first-order valence-electron chi connectivity index (χ1n) is 14.8. The molecule has 1 amide bonds. The van der Waals surface area contributed by atoms with Gasteiger partial charge in [-0.15, -0.1) is 0 Å². The number of rotatable bonds is 13. The van der Waals surface area contributed by atoms with Crippen LogP contribution >= 0.6 is 0 Å². The Hall–Kier alpha value is -2.79. The van der Waals surface area contributed by atoms with Crippen LogP contribution in [0.3, 0.4) is 0 Å². The maximum Gasteiger partial charge on any atom is 0.326 e. The van der Waals surface area contributed by atoms with Crippen molar-refractivity contribution in [3.8, 4) is 11.1 Å². The van der Waals surface area contributed by atoms with Gasteiger partial charge in [-0.05, 0) is 67.0 Å². The number of carbonyl (C=O) groups excluding carboxylic acids is 1. The largest absolute Gasteiger partial charge is 0.480 e. The van der Waals surface area contributed by atoms with Crippen LogP contribution in [0, 0.1) is 6.92 Å². The van der Waals surface area contributed by atoms with Gasteiger partial charge < -0.3 is 19.9 Å². The number of carboxylic acids is 1. The van der Waals surface area contributed by atoms with E-state index in [0.717, 1.165) is 48.8 Å². The topological polar surface area (TPSA) is 122 Å². The fourth-order valence-electron chi connectivity index (χ4n) is 6.11. The van der Waals surface area contributed by atoms with Gasteiger partial charge in [0, 0.05) is 38.1 Å². The highest BCUT2D eigenvalue weighted by Gasteiger charge is 2.34. The van der Waals surface area contributed by atoms with Gasteiger partial charge in [-0.2, -0.15) is 0 Å². The number of nitrogens with zero attached hydrogens (tertiary/aromatic N) is 1. The molecule has 1 saturated carbocycles. The summed E-state index contributed by atoms with van der Waals surface area (Å²) in [6.07, 6.45) is 8.26. The van der Waals surface area contributed by atoms with E-state index in [2.05, 4.69) is 10.2 Å². The number of aliphatic carboxylic acids is 1. The fourth-order valence-corrected chi connectivity index (χ4v) is 6.78. The number of likely N-dealkylation sites (tertiary alicyclic amines) is 1. The Labute approximate surface area is 249 Å². The Morgan fingerprint density at radius 2 is 1.81 bits per heavy atom. The van der Waals surface area contributed by atoms with Crippen molar-refractivity contribution in [2.45, 2.75) is 82.7 Å². The van der Waals surface area contributed by atoms with Crippen LogP contribution in [-0.4, -0.2) is 86.9 Å². The van der Waals surface area contributed by atoms with Crippen LogP contribution in [0.25, 0.3) is 11.1 Å². The van der Waals surface area contributed by atoms with E-state index in [4.69, 9.17) is 9.47 Å². The molecule has 1 aliphatic heterocycles. The van der Waals surface area contributed by atoms with E-state index in [1.54, 1.807) is 13.2 Å². The van der Waals surface area contributed by atoms with Crippen LogP contribution in [0.4, 0.5) is 0 Å². The number of carboxylic acid groups (broad SMARTS) is 1. The third kappa shape index (κ3) is 8.86. The van der Waals surface area contributed by atoms with Crippen LogP contribution in [0.15, 0.2) is 42.5 Å². The van der Waals surface area contributed by atoms with E-state index in [0.29, 0.717) is 30.4 Å². The van der Waals surface area contributed by atoms with E-state index in [-0.39, 0.29) is 24.3 Å². The molecule has 0 bridgehead atoms. The first kappa shape index (κ1) is 32.1. The van der Waals surface area contributed by atoms with Crippen molar-refractivity contribution in [3.63, 3.8) is 0 Å². The average molecular weight is 601 g/mol. The SMILES string of the molecule is COCC1CC(OC2CCCCC2)CN1Cc1ccc(C(=O)NC(CCS(C)(=O)=O)C(=O)O)c(-c2ccccc2C)c1. The van der Waals surface area contributed by atoms with Gasteiger partial charge in [-0.1, -0.05) is 49.6 Å². The molecule has 1 heterocycles. The Kier molecular flexibility index (Phi) is 11.2. The zero-order valence-corrected chi connectivity index (χ0v) is 25.7. The van der Waals surface area contributed by atoms with E-state index in [9.17, 15) is 23.1 Å². The van der Waals surface area contributed by atoms with Crippen LogP contribution in [0.2, 0.25) is 0 Å². The quantitative estimate of drug-likeness (QED) is 0.351. The number of nitrogens with one attached hydrogen (secondary N) is 1. The third-order valence-electron chi connectivity index (χ3n) is 8.32. The number of hydrogen-bond donors (Lipinski definition) is 2. The number of amides is 1. The van der Waals surface area contributed by atoms with Crippen LogP contribution < -0.4 is 5.32 Å². The molecule has 3 atom stereocenters. The van der Waals surface area contributed by atoms with Crippen LogP contribution in [-0.2, 0) is 30.7 Å². The lowest BCUT2D eigenvalue weighted by Gasteiger charge is -2.26. The van der Waals surface area contributed by atoms with Gasteiger partial charge in [0.25, 0.3) is 5.91 Å². The smallest absolute Gasteiger partial charge is 0.326 e. The second-order valence-corrected chi connectivity index (χ2v) is 14.0. The molecule has 1 aliphatic carbocycles. The fraction of sp³-hybridized carbons (Fsp3) is 0.562. The number of ether oxygens (including phenoxy) is 2. The predicted octanol–water partition coefficient (Wildman–Crippen LogP) is 4.22. The summed E-state index contributed by atoms with van der Waals surface area (Å²) in [7, 11) is -1.67. The number of sulfone groups is 1. The summed E-state index contributed by atoms with van der Waals surface area (Å²) in [6.45, 7) is 4.05. The molecule has 2 aromatic carbocycles. The highest BCUT2D eigenvalue weighted by Crippen LogP contribution is 2.31. The first-order chi connectivity index (χ1) is 20.0. The zero-order valence-electron chi connectivity index (χ0n) is 24.9. The Bertz CT molecular complexity index is 1340. The summed E-state index contributed by atoms with van der Waals surface area (Å²) in [5.41, 5.74) is 3.92. The number of benzene rings is 2. The molecule has 42 heavy (non-hydrogen) atoms. The van der Waals surface area contributed by atoms with Crippen molar-refractivity contribution in [1.29, 1.82) is 0 Å². The highest BCUT2D eigenvalue weighted by atomic mass is 32.2. The second kappa shape index (κ2) is 14.6. The Morgan fingerprint density at radius 1 is 1.07 bits per heavy atom. The van der Waals surface area contributed by atoms with Gasteiger partial charge >= 0.3 is 5.97 Å². The van der Waals surface area contributed by atoms with Crippen molar-refractivity contribution >= 4 is 21.7 Å². The average Bonchev–Trinajstić information content (AvgIpc) is 3.31. The lowest BCUT2D eigenvalue weighted by molar-refractivity contribution is -0.139. The van der Waals surface area contributed by atoms with Gasteiger partial charge in [0.2, 0.25) is 0 Å². The minimum Gasteiger partial charge on any atom is -0.480 e. The molecule has 10 heteroatoms. The molecule has 2 fully saturated rings. The maximum atomic E-state index is 13.4. The molecule has 1 saturated heterocycles. The van der Waals surface area contributed by atoms with Crippen molar-refractivity contribution in [3.05, 3.63) is 59.2 Å². The van der Waals surface area contributed by atoms with Crippen molar-refractivity contribution < 1.29 is 32.6 Å². The molecular formula is C32H44N2O7S. The monoisotopic (exact) mass is 600 g/mol. The van der Waals surface area contributed by atoms with Gasteiger partial charge in [0.1, 0.15) is 15.9 Å². The van der Waals surface area contributed by atoms with Crippen LogP contribution in [0.1, 0.15) is 66.4 Å². The first-order valence-corrected chi connectivity index (χ1v) is 16.9. The minimum atomic E-state index is -3.39. The molecule has 230 valence electrons. The molecule has 3 unspecified atom stereocenters. The Morgan fingerprint density at radius 3 is 2.48 bits per heavy atom. The van der Waals surface area contributed by atoms with E-state index < -0.39 is 27.8 Å². The maximum absolute atomic E-state index is 13.4. The van der Waals surface area contributed by atoms with E-state index >= 15 is 0 Å². The zero-order chi connectivity index (χ0) is 30.3. The predicted molar refractivity (Wildman–Crippen MR) is 162 cm³/mol. The van der Waals surface area contributed by atoms with E-state index in [1.165, 1.54) is 19.3 Å². The lowest BCUT2D eigenvalue weighted by Crippen LogP contribution is -2.42. The van der Waals surface area contributed by atoms with Gasteiger partial charge in [0.05, 0.1) is 24.6 Å². The second-order valence-electron chi connectivity index (χ2n) is 11.8. The van der Waals surface area contributed by atoms with Gasteiger partial charge in [-0.3, -0.25) is 9.69 Å². The van der Waals surface area contributed by atoms with Gasteiger partial charge in [-0.25, -0.2) is 13.2 Å². The molecule has 2 N–H and O–H groups in total. The standard InChI is InChI=1S/C32H44N2O7S/c1-22-9-7-8-12-27(22)29-17-23(13-14-28(29)31(35)33-30(32(36)37)15-16-42(3,38)39)19-34-20-26(18-24(34)21-40-2)41-25-10-5-4-6-11-25/h7-9,12-14,17,24-26,30H,4-6,10-11,15-16,18-21H2,1-3H3,(H,33,35)(H,36,37). The summed E-state index contributed by atoms with van der Waals surface area (Å²) in [6, 6.07) is 12.3. The van der Waals surface area contributed by atoms with Crippen molar-refractivity contribution in [2.24, 2.45) is 0 Å². The molecule has 2 aromatic rings. The van der Waals surface area contributed by atoms with Crippen molar-refractivity contribution in [2.75, 3.05) is 32.3 Å². The number of methoxy groups -OCH3 is 1. The Balaban J connectivity index is 1.57. The third-order valence-corrected chi connectivity index (χ3v) is 9.29. The van der Waals surface area contributed by atoms with Crippen LogP contribution in [0.5, 0.6) is 0 Å². The normalized spacial score (nSPS) is 20.8. The molecule has 4 rings (SSSR count). The summed E-state index contributed by atoms with van der Waals surface area (Å²) < 4.78 is 35.3. The molecule has 0 aromatic heterocycles. The summed E-state index contributed by atoms with van der Waals surface area (Å²) >= 11 is 0. The summed E-state index contributed by atoms with van der Waals surface area (Å²) in [5.74, 6) is -2.16. The van der Waals surface area contributed by atoms with Gasteiger partial charge in [0.15, 0.2) is 0 Å². The molecule has 9 nitrogen and oxygen atoms in total. The number of hydrogen-bond acceptors (Lipinski definition) is 7. The molecule has 0 spiro atoms. The number of carbonyl (C=O) groups is 2. The van der Waals surface area contributed by atoms with E-state index in [1.807, 2.05) is 43.3 Å². The summed E-state index contributed by atoms with van der Waals surface area (Å²) in [4.78, 5) is 27.7. The molecular weight excluding hydrogens is 556 g/mol. The summed E-state index contributed by atoms with van der Waals surface area (Å²) in [5, 5.41) is 12.2. The van der Waals surface area contributed by atoms with Crippen molar-refractivity contribution in [1.82, 2.24) is 10.2 Å². The lowest BCUT2D eigenvalue weighted by atomic mass is 9.93. The molecule has 0 radical (unpaired) electrons. The molecule has 2 aliphatic rings. The number of aryl methyl sites for hydroxylation is 1.